The molecule has 1 aromatic heterocycles. The largest absolute Gasteiger partial charge is 0.396 e. The summed E-state index contributed by atoms with van der Waals surface area (Å²) in [4.78, 5) is 23.5. The first-order valence-electron chi connectivity index (χ1n) is 7.57. The van der Waals surface area contributed by atoms with Gasteiger partial charge in [-0.2, -0.15) is 0 Å². The Morgan fingerprint density at radius 3 is 2.55 bits per heavy atom. The van der Waals surface area contributed by atoms with Crippen molar-refractivity contribution in [2.24, 2.45) is 5.41 Å². The van der Waals surface area contributed by atoms with Crippen LogP contribution in [0.2, 0.25) is 0 Å². The molecule has 1 saturated carbocycles. The number of rotatable bonds is 8. The third-order valence-corrected chi connectivity index (χ3v) is 4.99. The normalized spacial score (nSPS) is 15.9. The Labute approximate surface area is 133 Å². The number of nitrogens with one attached hydrogen (secondary N) is 2. The van der Waals surface area contributed by atoms with Crippen molar-refractivity contribution in [3.63, 3.8) is 0 Å². The topological polar surface area (TPSA) is 104 Å². The van der Waals surface area contributed by atoms with E-state index in [1.165, 1.54) is 11.3 Å². The first-order chi connectivity index (χ1) is 10.6. The fourth-order valence-electron chi connectivity index (χ4n) is 2.30. The molecule has 0 radical (unpaired) electrons. The zero-order valence-corrected chi connectivity index (χ0v) is 13.5. The van der Waals surface area contributed by atoms with Gasteiger partial charge in [0.1, 0.15) is 5.01 Å². The van der Waals surface area contributed by atoms with Crippen molar-refractivity contribution in [3.05, 3.63) is 5.01 Å². The summed E-state index contributed by atoms with van der Waals surface area (Å²) in [6.45, 7) is 2.56. The number of hydrogen-bond acceptors (Lipinski definition) is 6. The highest BCUT2D eigenvalue weighted by atomic mass is 32.1. The van der Waals surface area contributed by atoms with E-state index in [4.69, 9.17) is 0 Å². The molecule has 3 N–H and O–H groups in total. The zero-order chi connectivity index (χ0) is 16.0. The molecule has 0 bridgehead atoms. The molecule has 0 aromatic carbocycles. The van der Waals surface area contributed by atoms with Crippen molar-refractivity contribution >= 4 is 28.3 Å². The molecule has 0 aliphatic heterocycles. The predicted octanol–water partition coefficient (Wildman–Crippen LogP) is 1.10. The van der Waals surface area contributed by atoms with E-state index in [9.17, 15) is 14.7 Å². The van der Waals surface area contributed by atoms with Crippen LogP contribution in [0.25, 0.3) is 0 Å². The first-order valence-corrected chi connectivity index (χ1v) is 8.38. The molecule has 8 heteroatoms. The standard InChI is InChI=1S/C14H22N4O3S/c1-2-12-17-18-13(22-12)16-11(21)5-4-10(20)15-8-14(9-19)6-3-7-14/h19H,2-9H2,1H3,(H,15,20)(H,16,18,21). The minimum atomic E-state index is -0.241. The van der Waals surface area contributed by atoms with Crippen LogP contribution in [0.4, 0.5) is 5.13 Å². The summed E-state index contributed by atoms with van der Waals surface area (Å²) in [6, 6.07) is 0. The van der Waals surface area contributed by atoms with Crippen LogP contribution in [-0.4, -0.2) is 40.3 Å². The summed E-state index contributed by atoms with van der Waals surface area (Å²) < 4.78 is 0. The average molecular weight is 326 g/mol. The maximum Gasteiger partial charge on any atom is 0.226 e. The number of aliphatic hydroxyl groups excluding tert-OH is 1. The highest BCUT2D eigenvalue weighted by molar-refractivity contribution is 7.15. The highest BCUT2D eigenvalue weighted by Gasteiger charge is 2.36. The second-order valence-corrected chi connectivity index (χ2v) is 6.75. The van der Waals surface area contributed by atoms with Crippen molar-refractivity contribution in [1.29, 1.82) is 0 Å². The molecule has 1 aliphatic rings. The van der Waals surface area contributed by atoms with Crippen molar-refractivity contribution < 1.29 is 14.7 Å². The van der Waals surface area contributed by atoms with Gasteiger partial charge in [-0.15, -0.1) is 10.2 Å². The van der Waals surface area contributed by atoms with E-state index in [0.29, 0.717) is 11.7 Å². The van der Waals surface area contributed by atoms with Gasteiger partial charge in [0.25, 0.3) is 0 Å². The van der Waals surface area contributed by atoms with Crippen molar-refractivity contribution in [2.45, 2.75) is 45.4 Å². The molecule has 2 amide bonds. The van der Waals surface area contributed by atoms with Gasteiger partial charge in [-0.05, 0) is 19.3 Å². The number of hydrogen-bond donors (Lipinski definition) is 3. The van der Waals surface area contributed by atoms with E-state index in [1.54, 1.807) is 0 Å². The van der Waals surface area contributed by atoms with Crippen LogP contribution in [0.15, 0.2) is 0 Å². The molecule has 22 heavy (non-hydrogen) atoms. The van der Waals surface area contributed by atoms with E-state index in [1.807, 2.05) is 6.92 Å². The van der Waals surface area contributed by atoms with Crippen LogP contribution in [0.3, 0.4) is 0 Å². The molecule has 0 spiro atoms. The Bertz CT molecular complexity index is 522. The number of amides is 2. The minimum Gasteiger partial charge on any atom is -0.396 e. The third kappa shape index (κ3) is 4.48. The highest BCUT2D eigenvalue weighted by Crippen LogP contribution is 2.39. The van der Waals surface area contributed by atoms with Gasteiger partial charge in [-0.1, -0.05) is 24.7 Å². The van der Waals surface area contributed by atoms with Gasteiger partial charge in [-0.25, -0.2) is 0 Å². The SMILES string of the molecule is CCc1nnc(NC(=O)CCC(=O)NCC2(CO)CCC2)s1. The average Bonchev–Trinajstić information content (AvgIpc) is 2.92. The molecule has 122 valence electrons. The molecular formula is C14H22N4O3S. The smallest absolute Gasteiger partial charge is 0.226 e. The number of carbonyl (C=O) groups excluding carboxylic acids is 2. The second-order valence-electron chi connectivity index (χ2n) is 5.69. The Morgan fingerprint density at radius 2 is 2.00 bits per heavy atom. The molecule has 2 rings (SSSR count). The summed E-state index contributed by atoms with van der Waals surface area (Å²) >= 11 is 1.34. The molecule has 1 aliphatic carbocycles. The number of aryl methyl sites for hydroxylation is 1. The summed E-state index contributed by atoms with van der Waals surface area (Å²) in [5.74, 6) is -0.407. The Morgan fingerprint density at radius 1 is 1.27 bits per heavy atom. The van der Waals surface area contributed by atoms with E-state index < -0.39 is 0 Å². The van der Waals surface area contributed by atoms with E-state index in [-0.39, 0.29) is 36.7 Å². The molecule has 1 heterocycles. The minimum absolute atomic E-state index is 0.102. The van der Waals surface area contributed by atoms with Gasteiger partial charge >= 0.3 is 0 Å². The van der Waals surface area contributed by atoms with Gasteiger partial charge < -0.3 is 15.7 Å². The molecule has 1 fully saturated rings. The lowest BCUT2D eigenvalue weighted by atomic mass is 9.69. The van der Waals surface area contributed by atoms with Gasteiger partial charge in [-0.3, -0.25) is 9.59 Å². The van der Waals surface area contributed by atoms with Crippen LogP contribution < -0.4 is 10.6 Å². The van der Waals surface area contributed by atoms with Gasteiger partial charge in [0.2, 0.25) is 16.9 Å². The van der Waals surface area contributed by atoms with Gasteiger partial charge in [0, 0.05) is 24.8 Å². The third-order valence-electron chi connectivity index (χ3n) is 4.00. The lowest BCUT2D eigenvalue weighted by molar-refractivity contribution is -0.125. The lowest BCUT2D eigenvalue weighted by Gasteiger charge is -2.40. The van der Waals surface area contributed by atoms with Crippen LogP contribution >= 0.6 is 11.3 Å². The molecule has 0 unspecified atom stereocenters. The summed E-state index contributed by atoms with van der Waals surface area (Å²) in [7, 11) is 0. The molecular weight excluding hydrogens is 304 g/mol. The number of anilines is 1. The predicted molar refractivity (Wildman–Crippen MR) is 83.5 cm³/mol. The van der Waals surface area contributed by atoms with Crippen LogP contribution in [0.1, 0.15) is 44.0 Å². The second kappa shape index (κ2) is 7.64. The Hall–Kier alpha value is -1.54. The molecule has 7 nitrogen and oxygen atoms in total. The number of aromatic nitrogens is 2. The number of nitrogens with zero attached hydrogens (tertiary/aromatic N) is 2. The van der Waals surface area contributed by atoms with Crippen molar-refractivity contribution in [3.8, 4) is 0 Å². The Kier molecular flexibility index (Phi) is 5.84. The fraction of sp³-hybridized carbons (Fsp3) is 0.714. The van der Waals surface area contributed by atoms with Crippen LogP contribution in [0, 0.1) is 5.41 Å². The zero-order valence-electron chi connectivity index (χ0n) is 12.7. The first kappa shape index (κ1) is 16.8. The monoisotopic (exact) mass is 326 g/mol. The molecule has 0 saturated heterocycles. The van der Waals surface area contributed by atoms with Crippen LogP contribution in [0.5, 0.6) is 0 Å². The maximum absolute atomic E-state index is 11.8. The molecule has 1 aromatic rings. The van der Waals surface area contributed by atoms with Crippen molar-refractivity contribution in [1.82, 2.24) is 15.5 Å². The Balaban J connectivity index is 1.66. The summed E-state index contributed by atoms with van der Waals surface area (Å²) in [5, 5.41) is 23.9. The number of aliphatic hydroxyl groups is 1. The van der Waals surface area contributed by atoms with E-state index in [2.05, 4.69) is 20.8 Å². The van der Waals surface area contributed by atoms with Crippen LogP contribution in [-0.2, 0) is 16.0 Å². The molecule has 0 atom stereocenters. The summed E-state index contributed by atoms with van der Waals surface area (Å²) in [6.07, 6.45) is 4.01. The van der Waals surface area contributed by atoms with E-state index in [0.717, 1.165) is 30.7 Å². The summed E-state index contributed by atoms with van der Waals surface area (Å²) in [5.41, 5.74) is -0.138. The van der Waals surface area contributed by atoms with Crippen molar-refractivity contribution in [2.75, 3.05) is 18.5 Å². The fourth-order valence-corrected chi connectivity index (χ4v) is 2.99. The quantitative estimate of drug-likeness (QED) is 0.663. The van der Waals surface area contributed by atoms with E-state index >= 15 is 0 Å². The number of carbonyl (C=O) groups is 2. The van der Waals surface area contributed by atoms with Gasteiger partial charge in [0.05, 0.1) is 6.61 Å². The lowest BCUT2D eigenvalue weighted by Crippen LogP contribution is -2.44. The van der Waals surface area contributed by atoms with Gasteiger partial charge in [0.15, 0.2) is 0 Å². The maximum atomic E-state index is 11.8.